The van der Waals surface area contributed by atoms with Crippen LogP contribution in [0.3, 0.4) is 0 Å². The van der Waals surface area contributed by atoms with Crippen molar-refractivity contribution in [1.29, 1.82) is 0 Å². The second kappa shape index (κ2) is 8.55. The van der Waals surface area contributed by atoms with E-state index in [-0.39, 0.29) is 17.7 Å². The standard InChI is InChI=1S/C23H27N5O3/c29-22(12-17-14-24-19-6-2-1-5-18(17)19)28-7-3-4-16(15-28)20-13-21(26-25-20)23(30)27-8-10-31-11-9-27/h1-2,5-6,13-14,16,24H,3-4,7-12,15H2,(H,25,26)/t16-/m1/s1. The van der Waals surface area contributed by atoms with Gasteiger partial charge in [-0.05, 0) is 30.5 Å². The van der Waals surface area contributed by atoms with Crippen LogP contribution < -0.4 is 0 Å². The highest BCUT2D eigenvalue weighted by molar-refractivity contribution is 5.92. The van der Waals surface area contributed by atoms with Gasteiger partial charge in [-0.2, -0.15) is 5.10 Å². The Morgan fingerprint density at radius 1 is 1.13 bits per heavy atom. The molecule has 2 fully saturated rings. The van der Waals surface area contributed by atoms with Crippen molar-refractivity contribution < 1.29 is 14.3 Å². The predicted molar refractivity (Wildman–Crippen MR) is 116 cm³/mol. The zero-order valence-corrected chi connectivity index (χ0v) is 17.5. The number of ether oxygens (including phenoxy) is 1. The second-order valence-corrected chi connectivity index (χ2v) is 8.33. The van der Waals surface area contributed by atoms with Crippen molar-refractivity contribution in [2.24, 2.45) is 0 Å². The summed E-state index contributed by atoms with van der Waals surface area (Å²) < 4.78 is 5.32. The van der Waals surface area contributed by atoms with Gasteiger partial charge in [-0.25, -0.2) is 0 Å². The van der Waals surface area contributed by atoms with E-state index in [1.165, 1.54) is 0 Å². The average Bonchev–Trinajstić information content (AvgIpc) is 3.47. The van der Waals surface area contributed by atoms with Gasteiger partial charge in [0.1, 0.15) is 5.69 Å². The quantitative estimate of drug-likeness (QED) is 0.676. The number of rotatable bonds is 4. The molecule has 0 unspecified atom stereocenters. The molecule has 5 rings (SSSR count). The maximum Gasteiger partial charge on any atom is 0.274 e. The van der Waals surface area contributed by atoms with E-state index in [1.807, 2.05) is 41.4 Å². The van der Waals surface area contributed by atoms with Gasteiger partial charge in [-0.1, -0.05) is 18.2 Å². The Kier molecular flexibility index (Phi) is 5.46. The van der Waals surface area contributed by atoms with Crippen molar-refractivity contribution in [2.45, 2.75) is 25.2 Å². The van der Waals surface area contributed by atoms with Crippen LogP contribution in [0.15, 0.2) is 36.5 Å². The van der Waals surface area contributed by atoms with Crippen LogP contribution in [0.5, 0.6) is 0 Å². The molecular formula is C23H27N5O3. The van der Waals surface area contributed by atoms with Crippen molar-refractivity contribution >= 4 is 22.7 Å². The molecule has 4 heterocycles. The Morgan fingerprint density at radius 3 is 2.84 bits per heavy atom. The molecule has 0 aliphatic carbocycles. The molecule has 2 amide bonds. The van der Waals surface area contributed by atoms with E-state index in [0.29, 0.717) is 45.0 Å². The lowest BCUT2D eigenvalue weighted by Crippen LogP contribution is -2.40. The lowest BCUT2D eigenvalue weighted by atomic mass is 9.94. The number of hydrogen-bond acceptors (Lipinski definition) is 4. The molecule has 162 valence electrons. The number of likely N-dealkylation sites (tertiary alicyclic amines) is 1. The SMILES string of the molecule is O=C(Cc1c[nH]c2ccccc12)N1CCC[C@@H](c2cc(C(=O)N3CCOCC3)n[nH]2)C1. The van der Waals surface area contributed by atoms with Crippen LogP contribution in [0.2, 0.25) is 0 Å². The number of hydrogen-bond donors (Lipinski definition) is 2. The molecule has 2 aliphatic rings. The van der Waals surface area contributed by atoms with Crippen LogP contribution >= 0.6 is 0 Å². The van der Waals surface area contributed by atoms with E-state index in [4.69, 9.17) is 4.74 Å². The van der Waals surface area contributed by atoms with Crippen LogP contribution in [0.25, 0.3) is 10.9 Å². The van der Waals surface area contributed by atoms with Crippen LogP contribution in [0.1, 0.15) is 40.5 Å². The highest BCUT2D eigenvalue weighted by Crippen LogP contribution is 2.27. The molecule has 2 aromatic heterocycles. The minimum atomic E-state index is -0.0612. The second-order valence-electron chi connectivity index (χ2n) is 8.33. The van der Waals surface area contributed by atoms with E-state index >= 15 is 0 Å². The number of nitrogens with one attached hydrogen (secondary N) is 2. The van der Waals surface area contributed by atoms with E-state index in [9.17, 15) is 9.59 Å². The molecule has 2 N–H and O–H groups in total. The van der Waals surface area contributed by atoms with Crippen molar-refractivity contribution in [3.05, 3.63) is 53.5 Å². The van der Waals surface area contributed by atoms with Crippen LogP contribution in [0.4, 0.5) is 0 Å². The van der Waals surface area contributed by atoms with Crippen LogP contribution in [0, 0.1) is 0 Å². The van der Waals surface area contributed by atoms with Gasteiger partial charge in [0.2, 0.25) is 5.91 Å². The summed E-state index contributed by atoms with van der Waals surface area (Å²) in [5.41, 5.74) is 3.46. The van der Waals surface area contributed by atoms with Crippen molar-refractivity contribution in [3.8, 4) is 0 Å². The third-order valence-corrected chi connectivity index (χ3v) is 6.35. The first kappa shape index (κ1) is 19.8. The number of H-pyrrole nitrogens is 2. The third-order valence-electron chi connectivity index (χ3n) is 6.35. The molecule has 0 spiro atoms. The Bertz CT molecular complexity index is 1080. The van der Waals surface area contributed by atoms with Gasteiger partial charge in [-0.15, -0.1) is 0 Å². The molecular weight excluding hydrogens is 394 g/mol. The number of morpholine rings is 1. The van der Waals surface area contributed by atoms with Gasteiger partial charge in [0.15, 0.2) is 0 Å². The number of para-hydroxylation sites is 1. The largest absolute Gasteiger partial charge is 0.378 e. The van der Waals surface area contributed by atoms with E-state index < -0.39 is 0 Å². The summed E-state index contributed by atoms with van der Waals surface area (Å²) in [7, 11) is 0. The summed E-state index contributed by atoms with van der Waals surface area (Å²) in [6, 6.07) is 9.91. The van der Waals surface area contributed by atoms with Crippen LogP contribution in [-0.2, 0) is 16.0 Å². The van der Waals surface area contributed by atoms with Crippen molar-refractivity contribution in [2.75, 3.05) is 39.4 Å². The molecule has 2 aliphatic heterocycles. The van der Waals surface area contributed by atoms with E-state index in [0.717, 1.165) is 41.5 Å². The summed E-state index contributed by atoms with van der Waals surface area (Å²) in [5.74, 6) is 0.242. The zero-order valence-electron chi connectivity index (χ0n) is 17.5. The topological polar surface area (TPSA) is 94.3 Å². The van der Waals surface area contributed by atoms with Crippen LogP contribution in [-0.4, -0.2) is 76.2 Å². The van der Waals surface area contributed by atoms with Crippen molar-refractivity contribution in [3.63, 3.8) is 0 Å². The maximum atomic E-state index is 13.0. The zero-order chi connectivity index (χ0) is 21.2. The fraction of sp³-hybridized carbons (Fsp3) is 0.435. The first-order valence-electron chi connectivity index (χ1n) is 10.9. The number of aromatic nitrogens is 3. The molecule has 2 saturated heterocycles. The first-order chi connectivity index (χ1) is 15.2. The molecule has 1 atom stereocenters. The number of nitrogens with zero attached hydrogens (tertiary/aromatic N) is 3. The Labute approximate surface area is 180 Å². The minimum absolute atomic E-state index is 0.0612. The van der Waals surface area contributed by atoms with Gasteiger partial charge in [0.05, 0.1) is 19.6 Å². The molecule has 1 aromatic carbocycles. The summed E-state index contributed by atoms with van der Waals surface area (Å²) in [5, 5.41) is 8.42. The minimum Gasteiger partial charge on any atom is -0.378 e. The summed E-state index contributed by atoms with van der Waals surface area (Å²) >= 11 is 0. The monoisotopic (exact) mass is 421 g/mol. The number of carbonyl (C=O) groups excluding carboxylic acids is 2. The fourth-order valence-corrected chi connectivity index (χ4v) is 4.59. The molecule has 31 heavy (non-hydrogen) atoms. The number of piperidine rings is 1. The average molecular weight is 422 g/mol. The highest BCUT2D eigenvalue weighted by atomic mass is 16.5. The van der Waals surface area contributed by atoms with Crippen molar-refractivity contribution in [1.82, 2.24) is 25.0 Å². The van der Waals surface area contributed by atoms with Gasteiger partial charge < -0.3 is 19.5 Å². The lowest BCUT2D eigenvalue weighted by molar-refractivity contribution is -0.131. The molecule has 0 saturated carbocycles. The summed E-state index contributed by atoms with van der Waals surface area (Å²) in [6.45, 7) is 3.75. The number of fused-ring (bicyclic) bond motifs is 1. The fourth-order valence-electron chi connectivity index (χ4n) is 4.59. The molecule has 8 nitrogen and oxygen atoms in total. The highest BCUT2D eigenvalue weighted by Gasteiger charge is 2.28. The summed E-state index contributed by atoms with van der Waals surface area (Å²) in [4.78, 5) is 32.7. The first-order valence-corrected chi connectivity index (χ1v) is 10.9. The Hall–Kier alpha value is -3.13. The Balaban J connectivity index is 1.24. The summed E-state index contributed by atoms with van der Waals surface area (Å²) in [6.07, 6.45) is 4.24. The normalized spacial score (nSPS) is 19.7. The van der Waals surface area contributed by atoms with E-state index in [2.05, 4.69) is 15.2 Å². The Morgan fingerprint density at radius 2 is 1.97 bits per heavy atom. The number of aromatic amines is 2. The van der Waals surface area contributed by atoms with Gasteiger partial charge in [0, 0.05) is 54.9 Å². The number of carbonyl (C=O) groups is 2. The lowest BCUT2D eigenvalue weighted by Gasteiger charge is -2.32. The van der Waals surface area contributed by atoms with Gasteiger partial charge in [0.25, 0.3) is 5.91 Å². The van der Waals surface area contributed by atoms with Gasteiger partial charge in [-0.3, -0.25) is 14.7 Å². The molecule has 3 aromatic rings. The number of amides is 2. The van der Waals surface area contributed by atoms with Gasteiger partial charge >= 0.3 is 0 Å². The number of benzene rings is 1. The molecule has 8 heteroatoms. The molecule has 0 radical (unpaired) electrons. The molecule has 0 bridgehead atoms. The van der Waals surface area contributed by atoms with E-state index in [1.54, 1.807) is 4.90 Å². The predicted octanol–water partition coefficient (Wildman–Crippen LogP) is 2.31. The maximum absolute atomic E-state index is 13.0. The smallest absolute Gasteiger partial charge is 0.274 e. The third kappa shape index (κ3) is 4.07.